The number of halogens is 1. The molecule has 0 unspecified atom stereocenters. The van der Waals surface area contributed by atoms with Crippen LogP contribution in [0.4, 0.5) is 0 Å². The largest absolute Gasteiger partial charge is 0.496 e. The highest BCUT2D eigenvalue weighted by atomic mass is 79.9. The van der Waals surface area contributed by atoms with Crippen molar-refractivity contribution < 1.29 is 9.26 Å². The van der Waals surface area contributed by atoms with Crippen molar-refractivity contribution in [3.63, 3.8) is 0 Å². The van der Waals surface area contributed by atoms with Crippen LogP contribution in [0.25, 0.3) is 11.4 Å². The summed E-state index contributed by atoms with van der Waals surface area (Å²) in [6.07, 6.45) is 0. The molecule has 2 N–H and O–H groups in total. The van der Waals surface area contributed by atoms with E-state index >= 15 is 0 Å². The molecule has 96 valence electrons. The first-order chi connectivity index (χ1) is 8.58. The standard InChI is InChI=1S/C12H14BrN3O2/c1-6-4-8(13)7(2)10(11(6)17-3)12-15-9(5-14)18-16-12/h4H,5,14H2,1-3H3. The van der Waals surface area contributed by atoms with Crippen LogP contribution in [0.15, 0.2) is 15.1 Å². The number of methoxy groups -OCH3 is 1. The zero-order valence-corrected chi connectivity index (χ0v) is 12.0. The monoisotopic (exact) mass is 311 g/mol. The second kappa shape index (κ2) is 5.07. The molecule has 2 aromatic rings. The summed E-state index contributed by atoms with van der Waals surface area (Å²) in [5, 5.41) is 3.94. The van der Waals surface area contributed by atoms with Crippen molar-refractivity contribution in [2.75, 3.05) is 7.11 Å². The Labute approximate surface area is 113 Å². The third kappa shape index (κ3) is 2.13. The third-order valence-electron chi connectivity index (χ3n) is 2.73. The van der Waals surface area contributed by atoms with E-state index in [0.29, 0.717) is 11.7 Å². The van der Waals surface area contributed by atoms with Crippen molar-refractivity contribution in [1.82, 2.24) is 10.1 Å². The van der Waals surface area contributed by atoms with E-state index in [1.165, 1.54) is 0 Å². The summed E-state index contributed by atoms with van der Waals surface area (Å²) in [6.45, 7) is 4.16. The molecule has 2 rings (SSSR count). The first kappa shape index (κ1) is 13.0. The highest BCUT2D eigenvalue weighted by Gasteiger charge is 2.19. The van der Waals surface area contributed by atoms with Crippen LogP contribution in [0.3, 0.4) is 0 Å². The molecule has 0 aliphatic carbocycles. The topological polar surface area (TPSA) is 74.2 Å². The molecule has 1 heterocycles. The Morgan fingerprint density at radius 2 is 2.17 bits per heavy atom. The fraction of sp³-hybridized carbons (Fsp3) is 0.333. The minimum Gasteiger partial charge on any atom is -0.496 e. The minimum atomic E-state index is 0.224. The fourth-order valence-electron chi connectivity index (χ4n) is 1.82. The van der Waals surface area contributed by atoms with E-state index in [9.17, 15) is 0 Å². The molecule has 0 saturated carbocycles. The van der Waals surface area contributed by atoms with Crippen molar-refractivity contribution in [3.05, 3.63) is 27.6 Å². The fourth-order valence-corrected chi connectivity index (χ4v) is 2.36. The van der Waals surface area contributed by atoms with Crippen molar-refractivity contribution >= 4 is 15.9 Å². The van der Waals surface area contributed by atoms with E-state index in [-0.39, 0.29) is 6.54 Å². The molecular weight excluding hydrogens is 298 g/mol. The average Bonchev–Trinajstić information content (AvgIpc) is 2.81. The highest BCUT2D eigenvalue weighted by molar-refractivity contribution is 9.10. The van der Waals surface area contributed by atoms with Gasteiger partial charge in [0.1, 0.15) is 5.75 Å². The van der Waals surface area contributed by atoms with E-state index in [1.54, 1.807) is 7.11 Å². The molecule has 0 radical (unpaired) electrons. The van der Waals surface area contributed by atoms with Gasteiger partial charge in [-0.05, 0) is 31.0 Å². The Hall–Kier alpha value is -1.40. The van der Waals surface area contributed by atoms with Gasteiger partial charge in [-0.25, -0.2) is 0 Å². The van der Waals surface area contributed by atoms with Gasteiger partial charge in [0.2, 0.25) is 11.7 Å². The number of benzene rings is 1. The number of rotatable bonds is 3. The molecule has 0 aliphatic heterocycles. The maximum Gasteiger partial charge on any atom is 0.240 e. The Morgan fingerprint density at radius 1 is 1.44 bits per heavy atom. The van der Waals surface area contributed by atoms with E-state index in [2.05, 4.69) is 26.1 Å². The number of aromatic nitrogens is 2. The lowest BCUT2D eigenvalue weighted by atomic mass is 10.0. The van der Waals surface area contributed by atoms with Crippen molar-refractivity contribution in [3.8, 4) is 17.1 Å². The zero-order valence-electron chi connectivity index (χ0n) is 10.5. The molecule has 1 aromatic heterocycles. The van der Waals surface area contributed by atoms with Crippen LogP contribution in [0.2, 0.25) is 0 Å². The van der Waals surface area contributed by atoms with E-state index in [0.717, 1.165) is 26.9 Å². The van der Waals surface area contributed by atoms with Crippen LogP contribution in [-0.4, -0.2) is 17.3 Å². The molecule has 5 nitrogen and oxygen atoms in total. The summed E-state index contributed by atoms with van der Waals surface area (Å²) < 4.78 is 11.5. The molecular formula is C12H14BrN3O2. The number of aryl methyl sites for hydroxylation is 1. The van der Waals surface area contributed by atoms with Gasteiger partial charge in [0.25, 0.3) is 0 Å². The summed E-state index contributed by atoms with van der Waals surface area (Å²) >= 11 is 3.51. The van der Waals surface area contributed by atoms with Gasteiger partial charge in [-0.2, -0.15) is 4.98 Å². The second-order valence-corrected chi connectivity index (χ2v) is 4.78. The van der Waals surface area contributed by atoms with Gasteiger partial charge in [0, 0.05) is 4.47 Å². The number of hydrogen-bond donors (Lipinski definition) is 1. The average molecular weight is 312 g/mol. The Morgan fingerprint density at radius 3 is 2.72 bits per heavy atom. The first-order valence-electron chi connectivity index (χ1n) is 5.45. The van der Waals surface area contributed by atoms with E-state index < -0.39 is 0 Å². The summed E-state index contributed by atoms with van der Waals surface area (Å²) in [4.78, 5) is 4.25. The van der Waals surface area contributed by atoms with Gasteiger partial charge in [0.15, 0.2) is 0 Å². The number of nitrogens with two attached hydrogens (primary N) is 1. The maximum absolute atomic E-state index is 5.47. The van der Waals surface area contributed by atoms with Crippen LogP contribution in [0, 0.1) is 13.8 Å². The first-order valence-corrected chi connectivity index (χ1v) is 6.24. The third-order valence-corrected chi connectivity index (χ3v) is 3.56. The van der Waals surface area contributed by atoms with Crippen LogP contribution in [0.1, 0.15) is 17.0 Å². The molecule has 0 aliphatic rings. The number of ether oxygens (including phenoxy) is 1. The lowest BCUT2D eigenvalue weighted by molar-refractivity contribution is 0.379. The number of nitrogens with zero attached hydrogens (tertiary/aromatic N) is 2. The molecule has 6 heteroatoms. The molecule has 0 fully saturated rings. The summed E-state index contributed by atoms with van der Waals surface area (Å²) in [5.41, 5.74) is 8.31. The van der Waals surface area contributed by atoms with Crippen molar-refractivity contribution in [1.29, 1.82) is 0 Å². The molecule has 0 spiro atoms. The van der Waals surface area contributed by atoms with Gasteiger partial charge in [-0.1, -0.05) is 21.1 Å². The predicted molar refractivity (Wildman–Crippen MR) is 71.4 cm³/mol. The molecule has 18 heavy (non-hydrogen) atoms. The van der Waals surface area contributed by atoms with Gasteiger partial charge >= 0.3 is 0 Å². The van der Waals surface area contributed by atoms with Crippen LogP contribution in [-0.2, 0) is 6.54 Å². The lowest BCUT2D eigenvalue weighted by Gasteiger charge is -2.13. The summed E-state index contributed by atoms with van der Waals surface area (Å²) in [5.74, 6) is 1.65. The van der Waals surface area contributed by atoms with Gasteiger partial charge in [-0.15, -0.1) is 0 Å². The Kier molecular flexibility index (Phi) is 3.68. The highest BCUT2D eigenvalue weighted by Crippen LogP contribution is 2.38. The van der Waals surface area contributed by atoms with Crippen molar-refractivity contribution in [2.24, 2.45) is 5.73 Å². The lowest BCUT2D eigenvalue weighted by Crippen LogP contribution is -1.98. The summed E-state index contributed by atoms with van der Waals surface area (Å²) in [7, 11) is 1.63. The van der Waals surface area contributed by atoms with Gasteiger partial charge < -0.3 is 15.0 Å². The SMILES string of the molecule is COc1c(C)cc(Br)c(C)c1-c1noc(CN)n1. The molecule has 0 amide bonds. The molecule has 0 saturated heterocycles. The van der Waals surface area contributed by atoms with E-state index in [1.807, 2.05) is 19.9 Å². The molecule has 0 atom stereocenters. The molecule has 1 aromatic carbocycles. The molecule has 0 bridgehead atoms. The van der Waals surface area contributed by atoms with Crippen LogP contribution < -0.4 is 10.5 Å². The minimum absolute atomic E-state index is 0.224. The van der Waals surface area contributed by atoms with Gasteiger partial charge in [0.05, 0.1) is 19.2 Å². The Balaban J connectivity index is 2.68. The normalized spacial score (nSPS) is 10.7. The van der Waals surface area contributed by atoms with E-state index in [4.69, 9.17) is 15.0 Å². The van der Waals surface area contributed by atoms with Crippen LogP contribution in [0.5, 0.6) is 5.75 Å². The van der Waals surface area contributed by atoms with Gasteiger partial charge in [-0.3, -0.25) is 0 Å². The zero-order chi connectivity index (χ0) is 13.3. The quantitative estimate of drug-likeness (QED) is 0.943. The van der Waals surface area contributed by atoms with Crippen molar-refractivity contribution in [2.45, 2.75) is 20.4 Å². The number of hydrogen-bond acceptors (Lipinski definition) is 5. The Bertz CT molecular complexity index is 581. The maximum atomic E-state index is 5.47. The smallest absolute Gasteiger partial charge is 0.240 e. The predicted octanol–water partition coefficient (Wildman–Crippen LogP) is 2.58. The summed E-state index contributed by atoms with van der Waals surface area (Å²) in [6, 6.07) is 2.00. The second-order valence-electron chi connectivity index (χ2n) is 3.92. The van der Waals surface area contributed by atoms with Crippen LogP contribution >= 0.6 is 15.9 Å².